The van der Waals surface area contributed by atoms with Gasteiger partial charge in [0.1, 0.15) is 5.72 Å². The van der Waals surface area contributed by atoms with Crippen molar-refractivity contribution < 1.29 is 9.84 Å². The Kier molecular flexibility index (Phi) is 4.58. The van der Waals surface area contributed by atoms with E-state index in [2.05, 4.69) is 33.0 Å². The highest BCUT2D eigenvalue weighted by atomic mass is 16.5. The molecule has 0 radical (unpaired) electrons. The van der Waals surface area contributed by atoms with Crippen molar-refractivity contribution >= 4 is 0 Å². The summed E-state index contributed by atoms with van der Waals surface area (Å²) < 4.78 is 7.01. The van der Waals surface area contributed by atoms with Gasteiger partial charge in [-0.2, -0.15) is 0 Å². The van der Waals surface area contributed by atoms with Gasteiger partial charge in [0.15, 0.2) is 0 Å². The SMILES string of the molecule is C[C@@H]1CC[C@]2(NC1)O[C@@H]1C[C@@H]3[C@@H]4CC[C@H]5C[C@H](O)CC[C@]5(C)[C@@H]4CC[C@]3(C)[C@H]1[C@H]2C. The number of ether oxygens (including phenoxy) is 1. The van der Waals surface area contributed by atoms with Crippen molar-refractivity contribution in [1.29, 1.82) is 0 Å². The van der Waals surface area contributed by atoms with Crippen molar-refractivity contribution in [3.63, 3.8) is 0 Å². The maximum absolute atomic E-state index is 10.3. The van der Waals surface area contributed by atoms with Crippen LogP contribution in [0.5, 0.6) is 0 Å². The highest BCUT2D eigenvalue weighted by molar-refractivity contribution is 5.16. The number of fused-ring (bicyclic) bond motifs is 7. The quantitative estimate of drug-likeness (QED) is 0.559. The number of piperidine rings is 1. The fourth-order valence-corrected chi connectivity index (χ4v) is 10.4. The van der Waals surface area contributed by atoms with E-state index in [1.807, 2.05) is 0 Å². The van der Waals surface area contributed by atoms with Crippen LogP contribution >= 0.6 is 0 Å². The van der Waals surface area contributed by atoms with E-state index >= 15 is 0 Å². The first-order valence-electron chi connectivity index (χ1n) is 13.4. The minimum atomic E-state index is -0.0320. The molecule has 3 heteroatoms. The smallest absolute Gasteiger partial charge is 0.122 e. The van der Waals surface area contributed by atoms with Gasteiger partial charge in [0.2, 0.25) is 0 Å². The Morgan fingerprint density at radius 2 is 1.67 bits per heavy atom. The van der Waals surface area contributed by atoms with Gasteiger partial charge in [-0.1, -0.05) is 27.7 Å². The zero-order chi connectivity index (χ0) is 20.9. The van der Waals surface area contributed by atoms with Gasteiger partial charge in [0.25, 0.3) is 0 Å². The van der Waals surface area contributed by atoms with Crippen molar-refractivity contribution in [3.05, 3.63) is 0 Å². The van der Waals surface area contributed by atoms with E-state index in [0.29, 0.717) is 22.9 Å². The molecule has 0 unspecified atom stereocenters. The Labute approximate surface area is 184 Å². The molecule has 6 aliphatic rings. The summed E-state index contributed by atoms with van der Waals surface area (Å²) in [4.78, 5) is 0. The molecule has 0 aromatic carbocycles. The summed E-state index contributed by atoms with van der Waals surface area (Å²) in [5.74, 6) is 5.57. The first-order valence-corrected chi connectivity index (χ1v) is 13.4. The van der Waals surface area contributed by atoms with E-state index in [1.165, 1.54) is 51.4 Å². The van der Waals surface area contributed by atoms with Crippen molar-refractivity contribution in [2.75, 3.05) is 6.54 Å². The minimum Gasteiger partial charge on any atom is -0.393 e. The van der Waals surface area contributed by atoms with Crippen LogP contribution in [0.2, 0.25) is 0 Å². The zero-order valence-electron chi connectivity index (χ0n) is 19.8. The molecule has 170 valence electrons. The van der Waals surface area contributed by atoms with E-state index in [9.17, 15) is 5.11 Å². The molecule has 12 atom stereocenters. The largest absolute Gasteiger partial charge is 0.393 e. The lowest BCUT2D eigenvalue weighted by atomic mass is 9.44. The minimum absolute atomic E-state index is 0.0319. The monoisotopic (exact) mass is 415 g/mol. The second-order valence-corrected chi connectivity index (χ2v) is 13.3. The molecule has 6 fully saturated rings. The summed E-state index contributed by atoms with van der Waals surface area (Å²) in [6.07, 6.45) is 13.2. The van der Waals surface area contributed by atoms with Gasteiger partial charge in [0, 0.05) is 12.5 Å². The highest BCUT2D eigenvalue weighted by Gasteiger charge is 2.68. The third-order valence-electron chi connectivity index (χ3n) is 12.1. The van der Waals surface area contributed by atoms with Gasteiger partial charge in [-0.3, -0.25) is 5.32 Å². The summed E-state index contributed by atoms with van der Waals surface area (Å²) in [5.41, 5.74) is 0.919. The van der Waals surface area contributed by atoms with E-state index in [-0.39, 0.29) is 11.8 Å². The van der Waals surface area contributed by atoms with E-state index in [1.54, 1.807) is 0 Å². The molecule has 0 amide bonds. The summed E-state index contributed by atoms with van der Waals surface area (Å²) in [5, 5.41) is 14.2. The van der Waals surface area contributed by atoms with Crippen molar-refractivity contribution in [2.24, 2.45) is 52.3 Å². The number of aliphatic hydroxyl groups is 1. The maximum Gasteiger partial charge on any atom is 0.122 e. The molecule has 0 aromatic rings. The van der Waals surface area contributed by atoms with E-state index in [0.717, 1.165) is 54.9 Å². The maximum atomic E-state index is 10.3. The van der Waals surface area contributed by atoms with Crippen LogP contribution < -0.4 is 5.32 Å². The fourth-order valence-electron chi connectivity index (χ4n) is 10.4. The average molecular weight is 416 g/mol. The molecule has 2 saturated heterocycles. The molecule has 6 rings (SSSR count). The fraction of sp³-hybridized carbons (Fsp3) is 1.00. The Bertz CT molecular complexity index is 686. The molecule has 3 nitrogen and oxygen atoms in total. The molecule has 4 aliphatic carbocycles. The normalized spacial score (nSPS) is 62.5. The molecule has 2 N–H and O–H groups in total. The van der Waals surface area contributed by atoms with Crippen LogP contribution in [0, 0.1) is 52.3 Å². The van der Waals surface area contributed by atoms with E-state index in [4.69, 9.17) is 4.74 Å². The lowest BCUT2D eigenvalue weighted by molar-refractivity contribution is -0.140. The van der Waals surface area contributed by atoms with Crippen molar-refractivity contribution in [2.45, 2.75) is 110 Å². The third kappa shape index (κ3) is 2.61. The Balaban J connectivity index is 1.26. The van der Waals surface area contributed by atoms with Crippen LogP contribution in [0.15, 0.2) is 0 Å². The summed E-state index contributed by atoms with van der Waals surface area (Å²) in [6.45, 7) is 11.3. The van der Waals surface area contributed by atoms with Crippen LogP contribution in [0.4, 0.5) is 0 Å². The molecular weight excluding hydrogens is 370 g/mol. The molecule has 0 bridgehead atoms. The lowest BCUT2D eigenvalue weighted by Gasteiger charge is -2.61. The number of nitrogens with one attached hydrogen (secondary N) is 1. The van der Waals surface area contributed by atoms with Gasteiger partial charge in [-0.25, -0.2) is 0 Å². The number of rotatable bonds is 0. The van der Waals surface area contributed by atoms with E-state index < -0.39 is 0 Å². The van der Waals surface area contributed by atoms with Crippen LogP contribution in [0.3, 0.4) is 0 Å². The highest BCUT2D eigenvalue weighted by Crippen LogP contribution is 2.71. The summed E-state index contributed by atoms with van der Waals surface area (Å²) in [7, 11) is 0. The number of hydrogen-bond acceptors (Lipinski definition) is 3. The molecule has 1 spiro atoms. The molecule has 2 aliphatic heterocycles. The van der Waals surface area contributed by atoms with Crippen LogP contribution in [0.1, 0.15) is 91.9 Å². The molecule has 30 heavy (non-hydrogen) atoms. The third-order valence-corrected chi connectivity index (χ3v) is 12.1. The Morgan fingerprint density at radius 1 is 0.867 bits per heavy atom. The van der Waals surface area contributed by atoms with Crippen LogP contribution in [-0.4, -0.2) is 29.6 Å². The molecule has 0 aromatic heterocycles. The van der Waals surface area contributed by atoms with Crippen LogP contribution in [0.25, 0.3) is 0 Å². The molecule has 4 saturated carbocycles. The predicted molar refractivity (Wildman–Crippen MR) is 120 cm³/mol. The molecule has 2 heterocycles. The second kappa shape index (κ2) is 6.70. The Hall–Kier alpha value is -0.120. The predicted octanol–water partition coefficient (Wildman–Crippen LogP) is 5.37. The van der Waals surface area contributed by atoms with Gasteiger partial charge >= 0.3 is 0 Å². The second-order valence-electron chi connectivity index (χ2n) is 13.3. The topological polar surface area (TPSA) is 41.5 Å². The number of hydrogen-bond donors (Lipinski definition) is 2. The zero-order valence-corrected chi connectivity index (χ0v) is 19.8. The van der Waals surface area contributed by atoms with Crippen molar-refractivity contribution in [3.8, 4) is 0 Å². The summed E-state index contributed by atoms with van der Waals surface area (Å²) in [6, 6.07) is 0. The lowest BCUT2D eigenvalue weighted by Crippen LogP contribution is -2.57. The Morgan fingerprint density at radius 3 is 2.43 bits per heavy atom. The average Bonchev–Trinajstić information content (AvgIpc) is 3.16. The standard InChI is InChI=1S/C27H45NO2/c1-16-7-12-27(28-15-16)17(2)24-23(30-27)14-22-20-6-5-18-13-19(29)8-10-25(18,3)21(20)9-11-26(22,24)4/h16-24,28-29H,5-15H2,1-4H3/t16-,17-,18+,19-,20-,21-,22-,23-,24+,25+,26+,27+/m1/s1. The first-order chi connectivity index (χ1) is 14.3. The van der Waals surface area contributed by atoms with Gasteiger partial charge in [-0.05, 0) is 111 Å². The van der Waals surface area contributed by atoms with Crippen LogP contribution in [-0.2, 0) is 4.74 Å². The first kappa shape index (κ1) is 20.5. The molecular formula is C27H45NO2. The van der Waals surface area contributed by atoms with Gasteiger partial charge < -0.3 is 9.84 Å². The number of aliphatic hydroxyl groups excluding tert-OH is 1. The summed E-state index contributed by atoms with van der Waals surface area (Å²) >= 11 is 0. The van der Waals surface area contributed by atoms with Gasteiger partial charge in [0.05, 0.1) is 12.2 Å². The van der Waals surface area contributed by atoms with Gasteiger partial charge in [-0.15, -0.1) is 0 Å². The van der Waals surface area contributed by atoms with Crippen molar-refractivity contribution in [1.82, 2.24) is 5.32 Å².